The highest BCUT2D eigenvalue weighted by Gasteiger charge is 2.15. The molecule has 0 aliphatic rings. The van der Waals surface area contributed by atoms with E-state index >= 15 is 0 Å². The van der Waals surface area contributed by atoms with Gasteiger partial charge in [0.25, 0.3) is 5.91 Å². The third-order valence-electron chi connectivity index (χ3n) is 2.93. The monoisotopic (exact) mass is 299 g/mol. The van der Waals surface area contributed by atoms with E-state index in [0.29, 0.717) is 5.56 Å². The van der Waals surface area contributed by atoms with Gasteiger partial charge in [-0.15, -0.1) is 0 Å². The third-order valence-corrected chi connectivity index (χ3v) is 3.79. The quantitative estimate of drug-likeness (QED) is 0.897. The summed E-state index contributed by atoms with van der Waals surface area (Å²) in [5.41, 5.74) is 1.72. The van der Waals surface area contributed by atoms with Crippen LogP contribution in [0.1, 0.15) is 29.8 Å². The standard InChI is InChI=1S/C13H18BrNO2/c1-8-4-5-11(6-12(8)14)13(17)15-10(3)9(2)7-16/h4-6,9-10,16H,7H2,1-3H3,(H,15,17)/t9-,10-/m0/s1. The summed E-state index contributed by atoms with van der Waals surface area (Å²) < 4.78 is 0.924. The van der Waals surface area contributed by atoms with Gasteiger partial charge in [-0.2, -0.15) is 0 Å². The van der Waals surface area contributed by atoms with Crippen LogP contribution in [0.3, 0.4) is 0 Å². The van der Waals surface area contributed by atoms with Crippen molar-refractivity contribution in [1.82, 2.24) is 5.32 Å². The van der Waals surface area contributed by atoms with Crippen molar-refractivity contribution in [3.05, 3.63) is 33.8 Å². The van der Waals surface area contributed by atoms with Crippen molar-refractivity contribution in [2.24, 2.45) is 5.92 Å². The van der Waals surface area contributed by atoms with Gasteiger partial charge in [-0.05, 0) is 37.5 Å². The first-order valence-electron chi connectivity index (χ1n) is 5.63. The average Bonchev–Trinajstić information content (AvgIpc) is 2.31. The second kappa shape index (κ2) is 6.17. The number of carbonyl (C=O) groups is 1. The van der Waals surface area contributed by atoms with E-state index in [1.807, 2.05) is 26.8 Å². The number of aliphatic hydroxyl groups excluding tert-OH is 1. The molecule has 94 valence electrons. The lowest BCUT2D eigenvalue weighted by molar-refractivity contribution is 0.0916. The van der Waals surface area contributed by atoms with Gasteiger partial charge in [0, 0.05) is 22.7 Å². The number of amides is 1. The number of aliphatic hydroxyl groups is 1. The number of rotatable bonds is 4. The summed E-state index contributed by atoms with van der Waals surface area (Å²) in [6.45, 7) is 5.83. The van der Waals surface area contributed by atoms with E-state index in [1.54, 1.807) is 12.1 Å². The molecule has 1 aromatic rings. The minimum Gasteiger partial charge on any atom is -0.396 e. The molecule has 0 aliphatic heterocycles. The first-order chi connectivity index (χ1) is 7.95. The van der Waals surface area contributed by atoms with Crippen molar-refractivity contribution in [2.45, 2.75) is 26.8 Å². The molecule has 0 spiro atoms. The highest BCUT2D eigenvalue weighted by atomic mass is 79.9. The molecule has 1 aromatic carbocycles. The van der Waals surface area contributed by atoms with Crippen LogP contribution in [0.5, 0.6) is 0 Å². The van der Waals surface area contributed by atoms with E-state index in [1.165, 1.54) is 0 Å². The number of carbonyl (C=O) groups excluding carboxylic acids is 1. The fourth-order valence-corrected chi connectivity index (χ4v) is 1.70. The van der Waals surface area contributed by atoms with Crippen LogP contribution in [0, 0.1) is 12.8 Å². The van der Waals surface area contributed by atoms with Crippen LogP contribution in [0.25, 0.3) is 0 Å². The van der Waals surface area contributed by atoms with E-state index in [-0.39, 0.29) is 24.5 Å². The van der Waals surface area contributed by atoms with Gasteiger partial charge in [0.15, 0.2) is 0 Å². The molecule has 0 bridgehead atoms. The van der Waals surface area contributed by atoms with Crippen molar-refractivity contribution in [3.63, 3.8) is 0 Å². The maximum Gasteiger partial charge on any atom is 0.251 e. The molecule has 0 saturated heterocycles. The van der Waals surface area contributed by atoms with Crippen LogP contribution in [0.4, 0.5) is 0 Å². The molecule has 3 nitrogen and oxygen atoms in total. The van der Waals surface area contributed by atoms with Crippen molar-refractivity contribution < 1.29 is 9.90 Å². The summed E-state index contributed by atoms with van der Waals surface area (Å²) in [6.07, 6.45) is 0. The highest BCUT2D eigenvalue weighted by molar-refractivity contribution is 9.10. The highest BCUT2D eigenvalue weighted by Crippen LogP contribution is 2.17. The number of aryl methyl sites for hydroxylation is 1. The van der Waals surface area contributed by atoms with E-state index in [9.17, 15) is 4.79 Å². The lowest BCUT2D eigenvalue weighted by atomic mass is 10.0. The zero-order chi connectivity index (χ0) is 13.0. The summed E-state index contributed by atoms with van der Waals surface area (Å²) >= 11 is 3.40. The second-order valence-corrected chi connectivity index (χ2v) is 5.24. The Hall–Kier alpha value is -0.870. The van der Waals surface area contributed by atoms with E-state index in [0.717, 1.165) is 10.0 Å². The number of hydrogen-bond acceptors (Lipinski definition) is 2. The van der Waals surface area contributed by atoms with Gasteiger partial charge in [0.1, 0.15) is 0 Å². The first-order valence-corrected chi connectivity index (χ1v) is 6.43. The molecule has 0 fully saturated rings. The maximum absolute atomic E-state index is 11.9. The van der Waals surface area contributed by atoms with Crippen LogP contribution in [0.15, 0.2) is 22.7 Å². The first kappa shape index (κ1) is 14.2. The third kappa shape index (κ3) is 3.82. The van der Waals surface area contributed by atoms with Crippen molar-refractivity contribution >= 4 is 21.8 Å². The van der Waals surface area contributed by atoms with E-state index in [4.69, 9.17) is 5.11 Å². The summed E-state index contributed by atoms with van der Waals surface area (Å²) in [4.78, 5) is 11.9. The van der Waals surface area contributed by atoms with Crippen LogP contribution in [-0.4, -0.2) is 23.7 Å². The lowest BCUT2D eigenvalue weighted by Crippen LogP contribution is -2.38. The molecule has 0 saturated carbocycles. The summed E-state index contributed by atoms with van der Waals surface area (Å²) in [5, 5.41) is 11.9. The minimum atomic E-state index is -0.112. The SMILES string of the molecule is Cc1ccc(C(=O)N[C@@H](C)[C@@H](C)CO)cc1Br. The van der Waals surface area contributed by atoms with Gasteiger partial charge < -0.3 is 10.4 Å². The van der Waals surface area contributed by atoms with E-state index in [2.05, 4.69) is 21.2 Å². The number of halogens is 1. The Kier molecular flexibility index (Phi) is 5.15. The van der Waals surface area contributed by atoms with Crippen molar-refractivity contribution in [3.8, 4) is 0 Å². The average molecular weight is 300 g/mol. The Morgan fingerprint density at radius 2 is 2.12 bits per heavy atom. The Bertz CT molecular complexity index is 406. The van der Waals surface area contributed by atoms with Gasteiger partial charge >= 0.3 is 0 Å². The molecule has 0 aromatic heterocycles. The van der Waals surface area contributed by atoms with Crippen LogP contribution >= 0.6 is 15.9 Å². The second-order valence-electron chi connectivity index (χ2n) is 4.39. The normalized spacial score (nSPS) is 14.2. The molecule has 1 amide bonds. The largest absolute Gasteiger partial charge is 0.396 e. The van der Waals surface area contributed by atoms with Crippen LogP contribution in [0.2, 0.25) is 0 Å². The van der Waals surface area contributed by atoms with Gasteiger partial charge in [0.05, 0.1) is 0 Å². The molecular weight excluding hydrogens is 282 g/mol. The summed E-state index contributed by atoms with van der Waals surface area (Å²) in [7, 11) is 0. The molecule has 0 unspecified atom stereocenters. The maximum atomic E-state index is 11.9. The lowest BCUT2D eigenvalue weighted by Gasteiger charge is -2.19. The summed E-state index contributed by atoms with van der Waals surface area (Å²) in [6, 6.07) is 5.46. The predicted molar refractivity (Wildman–Crippen MR) is 72.1 cm³/mol. The molecule has 0 radical (unpaired) electrons. The Morgan fingerprint density at radius 3 is 2.65 bits per heavy atom. The van der Waals surface area contributed by atoms with E-state index < -0.39 is 0 Å². The zero-order valence-electron chi connectivity index (χ0n) is 10.3. The Balaban J connectivity index is 2.73. The molecule has 17 heavy (non-hydrogen) atoms. The van der Waals surface area contributed by atoms with Gasteiger partial charge in [-0.25, -0.2) is 0 Å². The molecule has 4 heteroatoms. The van der Waals surface area contributed by atoms with Crippen molar-refractivity contribution in [1.29, 1.82) is 0 Å². The fourth-order valence-electron chi connectivity index (χ4n) is 1.32. The van der Waals surface area contributed by atoms with Crippen LogP contribution in [-0.2, 0) is 0 Å². The van der Waals surface area contributed by atoms with Crippen molar-refractivity contribution in [2.75, 3.05) is 6.61 Å². The fraction of sp³-hybridized carbons (Fsp3) is 0.462. The number of hydrogen-bond donors (Lipinski definition) is 2. The smallest absolute Gasteiger partial charge is 0.251 e. The molecule has 0 aliphatic carbocycles. The Morgan fingerprint density at radius 1 is 1.47 bits per heavy atom. The predicted octanol–water partition coefficient (Wildman–Crippen LogP) is 2.50. The topological polar surface area (TPSA) is 49.3 Å². The van der Waals surface area contributed by atoms with Gasteiger partial charge in [0.2, 0.25) is 0 Å². The number of nitrogens with one attached hydrogen (secondary N) is 1. The number of benzene rings is 1. The molecule has 0 heterocycles. The minimum absolute atomic E-state index is 0.0485. The van der Waals surface area contributed by atoms with Gasteiger partial charge in [-0.1, -0.05) is 28.9 Å². The molecular formula is C13H18BrNO2. The van der Waals surface area contributed by atoms with Crippen LogP contribution < -0.4 is 5.32 Å². The van der Waals surface area contributed by atoms with Gasteiger partial charge in [-0.3, -0.25) is 4.79 Å². The molecule has 2 N–H and O–H groups in total. The zero-order valence-corrected chi connectivity index (χ0v) is 11.9. The Labute approximate surface area is 110 Å². The summed E-state index contributed by atoms with van der Waals surface area (Å²) in [5.74, 6) is -0.0636. The molecule has 2 atom stereocenters. The molecule has 1 rings (SSSR count).